The average Bonchev–Trinajstić information content (AvgIpc) is 2.95. The summed E-state index contributed by atoms with van der Waals surface area (Å²) in [4.78, 5) is 20.5. The monoisotopic (exact) mass is 370 g/mol. The van der Waals surface area contributed by atoms with Gasteiger partial charge in [-0.05, 0) is 56.0 Å². The molecule has 4 atom stereocenters. The minimum Gasteiger partial charge on any atom is -0.487 e. The number of rotatable bonds is 3. The van der Waals surface area contributed by atoms with Crippen LogP contribution in [0.2, 0.25) is 5.02 Å². The van der Waals surface area contributed by atoms with Crippen LogP contribution < -0.4 is 15.8 Å². The number of hydrogen-bond acceptors (Lipinski definition) is 5. The van der Waals surface area contributed by atoms with E-state index in [0.29, 0.717) is 22.6 Å². The van der Waals surface area contributed by atoms with E-state index in [1.165, 1.54) is 6.07 Å². The number of halogens is 1. The van der Waals surface area contributed by atoms with E-state index in [4.69, 9.17) is 32.0 Å². The predicted octanol–water partition coefficient (Wildman–Crippen LogP) is 1.27. The fourth-order valence-electron chi connectivity index (χ4n) is 3.34. The molecule has 0 unspecified atom stereocenters. The lowest BCUT2D eigenvalue weighted by atomic mass is 9.78. The van der Waals surface area contributed by atoms with Gasteiger partial charge in [0.25, 0.3) is 11.9 Å². The maximum Gasteiger partial charge on any atom is 0.300 e. The van der Waals surface area contributed by atoms with E-state index in [0.717, 1.165) is 32.9 Å². The quantitative estimate of drug-likeness (QED) is 0.635. The number of aliphatic hydroxyl groups excluding tert-OH is 1. The Hall–Kier alpha value is -1.83. The second kappa shape index (κ2) is 8.51. The van der Waals surface area contributed by atoms with Crippen molar-refractivity contribution < 1.29 is 24.5 Å². The van der Waals surface area contributed by atoms with E-state index in [1.807, 2.05) is 0 Å². The molecule has 1 saturated heterocycles. The number of benzene rings is 1. The van der Waals surface area contributed by atoms with Gasteiger partial charge in [0.05, 0.1) is 11.7 Å². The Bertz CT molecular complexity index is 635. The fraction of sp³-hybridized carbons (Fsp3) is 0.529. The number of carbonyl (C=O) groups is 2. The summed E-state index contributed by atoms with van der Waals surface area (Å²) in [5, 5.41) is 21.5. The molecule has 1 amide bonds. The average molecular weight is 371 g/mol. The molecule has 2 aliphatic rings. The number of carboxylic acid groups (broad SMARTS) is 1. The Kier molecular flexibility index (Phi) is 6.64. The summed E-state index contributed by atoms with van der Waals surface area (Å²) in [5.41, 5.74) is 5.61. The maximum atomic E-state index is 11.5. The van der Waals surface area contributed by atoms with E-state index in [2.05, 4.69) is 5.32 Å². The van der Waals surface area contributed by atoms with Gasteiger partial charge < -0.3 is 26.0 Å². The molecule has 7 nitrogen and oxygen atoms in total. The molecule has 3 rings (SSSR count). The summed E-state index contributed by atoms with van der Waals surface area (Å²) in [6.45, 7) is 3.00. The van der Waals surface area contributed by atoms with Crippen LogP contribution in [0.1, 0.15) is 30.1 Å². The number of hydrogen-bond donors (Lipinski definition) is 4. The molecule has 138 valence electrons. The van der Waals surface area contributed by atoms with E-state index in [-0.39, 0.29) is 11.7 Å². The molecular formula is C17H23ClN2O5. The second-order valence-corrected chi connectivity index (χ2v) is 6.83. The highest BCUT2D eigenvalue weighted by atomic mass is 35.5. The molecule has 1 saturated carbocycles. The smallest absolute Gasteiger partial charge is 0.300 e. The van der Waals surface area contributed by atoms with Crippen molar-refractivity contribution in [2.24, 2.45) is 17.6 Å². The first-order valence-corrected chi connectivity index (χ1v) is 8.50. The van der Waals surface area contributed by atoms with E-state index in [9.17, 15) is 9.90 Å². The fourth-order valence-corrected chi connectivity index (χ4v) is 3.52. The van der Waals surface area contributed by atoms with Gasteiger partial charge in [0.1, 0.15) is 11.9 Å². The molecule has 25 heavy (non-hydrogen) atoms. The summed E-state index contributed by atoms with van der Waals surface area (Å²) < 4.78 is 5.89. The first kappa shape index (κ1) is 19.5. The van der Waals surface area contributed by atoms with Crippen molar-refractivity contribution >= 4 is 23.5 Å². The number of ether oxygens (including phenoxy) is 1. The largest absolute Gasteiger partial charge is 0.487 e. The molecule has 1 heterocycles. The first-order valence-electron chi connectivity index (χ1n) is 8.12. The van der Waals surface area contributed by atoms with Gasteiger partial charge in [0.2, 0.25) is 0 Å². The van der Waals surface area contributed by atoms with Crippen LogP contribution in [0.4, 0.5) is 0 Å². The van der Waals surface area contributed by atoms with Gasteiger partial charge in [0.15, 0.2) is 0 Å². The van der Waals surface area contributed by atoms with Crippen molar-refractivity contribution in [1.29, 1.82) is 0 Å². The molecule has 1 aliphatic carbocycles. The Morgan fingerprint density at radius 2 is 1.88 bits per heavy atom. The van der Waals surface area contributed by atoms with Crippen molar-refractivity contribution in [1.82, 2.24) is 5.32 Å². The highest BCUT2D eigenvalue weighted by Crippen LogP contribution is 2.35. The van der Waals surface area contributed by atoms with Crippen LogP contribution in [0.5, 0.6) is 5.75 Å². The Morgan fingerprint density at radius 1 is 1.28 bits per heavy atom. The zero-order chi connectivity index (χ0) is 18.6. The molecule has 1 aromatic carbocycles. The third-order valence-electron chi connectivity index (χ3n) is 4.47. The van der Waals surface area contributed by atoms with Crippen LogP contribution in [0, 0.1) is 11.8 Å². The van der Waals surface area contributed by atoms with Gasteiger partial charge in [-0.2, -0.15) is 0 Å². The lowest BCUT2D eigenvalue weighted by molar-refractivity contribution is -0.134. The van der Waals surface area contributed by atoms with Crippen molar-refractivity contribution in [2.75, 3.05) is 13.1 Å². The third-order valence-corrected chi connectivity index (χ3v) is 4.71. The molecule has 5 N–H and O–H groups in total. The van der Waals surface area contributed by atoms with Gasteiger partial charge in [-0.1, -0.05) is 11.6 Å². The van der Waals surface area contributed by atoms with Gasteiger partial charge >= 0.3 is 0 Å². The van der Waals surface area contributed by atoms with Crippen LogP contribution in [0.25, 0.3) is 0 Å². The Balaban J connectivity index is 0.000000511. The highest BCUT2D eigenvalue weighted by Gasteiger charge is 2.40. The van der Waals surface area contributed by atoms with E-state index in [1.54, 1.807) is 12.1 Å². The summed E-state index contributed by atoms with van der Waals surface area (Å²) in [6.07, 6.45) is 0.662. The topological polar surface area (TPSA) is 122 Å². The zero-order valence-electron chi connectivity index (χ0n) is 13.9. The molecule has 0 bridgehead atoms. The molecule has 2 fully saturated rings. The van der Waals surface area contributed by atoms with Gasteiger partial charge in [0, 0.05) is 11.9 Å². The number of primary amides is 1. The number of nitrogens with two attached hydrogens (primary N) is 1. The third kappa shape index (κ3) is 5.32. The number of carbonyl (C=O) groups excluding carboxylic acids is 1. The van der Waals surface area contributed by atoms with Crippen LogP contribution in [-0.4, -0.2) is 47.4 Å². The van der Waals surface area contributed by atoms with Crippen LogP contribution in [0.15, 0.2) is 18.2 Å². The molecule has 0 radical (unpaired) electrons. The van der Waals surface area contributed by atoms with Gasteiger partial charge in [-0.3, -0.25) is 9.59 Å². The maximum absolute atomic E-state index is 11.5. The number of fused-ring (bicyclic) bond motifs is 1. The SMILES string of the molecule is CC(=O)O.NC(=O)c1cc(Cl)ccc1O[C@@H]1C[C@@H]2CNC[C@@H]2C[C@H]1O. The van der Waals surface area contributed by atoms with Crippen LogP contribution in [-0.2, 0) is 4.79 Å². The Morgan fingerprint density at radius 3 is 2.48 bits per heavy atom. The van der Waals surface area contributed by atoms with Crippen molar-refractivity contribution in [3.05, 3.63) is 28.8 Å². The summed E-state index contributed by atoms with van der Waals surface area (Å²) in [6, 6.07) is 4.78. The van der Waals surface area contributed by atoms with Gasteiger partial charge in [-0.15, -0.1) is 0 Å². The predicted molar refractivity (Wildman–Crippen MR) is 92.8 cm³/mol. The highest BCUT2D eigenvalue weighted by molar-refractivity contribution is 6.31. The number of aliphatic carboxylic acids is 1. The van der Waals surface area contributed by atoms with Crippen molar-refractivity contribution in [3.8, 4) is 5.75 Å². The first-order chi connectivity index (χ1) is 11.8. The number of aliphatic hydroxyl groups is 1. The molecule has 0 aromatic heterocycles. The van der Waals surface area contributed by atoms with Crippen molar-refractivity contribution in [3.63, 3.8) is 0 Å². The van der Waals surface area contributed by atoms with E-state index >= 15 is 0 Å². The molecule has 1 aromatic rings. The minimum atomic E-state index is -0.833. The summed E-state index contributed by atoms with van der Waals surface area (Å²) in [7, 11) is 0. The van der Waals surface area contributed by atoms with Crippen LogP contribution in [0.3, 0.4) is 0 Å². The zero-order valence-corrected chi connectivity index (χ0v) is 14.7. The lowest BCUT2D eigenvalue weighted by Crippen LogP contribution is -2.42. The lowest BCUT2D eigenvalue weighted by Gasteiger charge is -2.35. The number of nitrogens with one attached hydrogen (secondary N) is 1. The summed E-state index contributed by atoms with van der Waals surface area (Å²) in [5.74, 6) is 0.00183. The molecule has 8 heteroatoms. The summed E-state index contributed by atoms with van der Waals surface area (Å²) >= 11 is 5.88. The molecule has 0 spiro atoms. The number of carboxylic acids is 1. The number of amides is 1. The normalized spacial score (nSPS) is 27.6. The van der Waals surface area contributed by atoms with Crippen LogP contribution >= 0.6 is 11.6 Å². The van der Waals surface area contributed by atoms with Gasteiger partial charge in [-0.25, -0.2) is 0 Å². The molecule has 1 aliphatic heterocycles. The standard InChI is InChI=1S/C15H19ClN2O3.C2H4O2/c16-10-1-2-13(11(5-10)15(17)20)21-14-4-9-7-18-6-8(9)3-12(14)19;1-2(3)4/h1-2,5,8-9,12,14,18-19H,3-4,6-7H2,(H2,17,20);1H3,(H,3,4)/t8-,9+,12+,14+;/m0./s1. The molecular weight excluding hydrogens is 348 g/mol. The van der Waals surface area contributed by atoms with Crippen molar-refractivity contribution in [2.45, 2.75) is 32.0 Å². The minimum absolute atomic E-state index is 0.251. The van der Waals surface area contributed by atoms with E-state index < -0.39 is 18.0 Å². The Labute approximate surface area is 151 Å². The second-order valence-electron chi connectivity index (χ2n) is 6.40.